The molecule has 1 aromatic carbocycles. The molecule has 25 heavy (non-hydrogen) atoms. The van der Waals surface area contributed by atoms with E-state index in [2.05, 4.69) is 28.6 Å². The number of nitrogens with zero attached hydrogens (tertiary/aromatic N) is 2. The molecule has 0 spiro atoms. The van der Waals surface area contributed by atoms with Gasteiger partial charge in [0.05, 0.1) is 11.6 Å². The fourth-order valence-electron chi connectivity index (χ4n) is 4.29. The maximum atomic E-state index is 11.0. The molecule has 0 amide bonds. The van der Waals surface area contributed by atoms with Crippen LogP contribution in [0.3, 0.4) is 0 Å². The summed E-state index contributed by atoms with van der Waals surface area (Å²) in [7, 11) is 0. The van der Waals surface area contributed by atoms with Gasteiger partial charge in [0.15, 0.2) is 0 Å². The smallest absolute Gasteiger partial charge is 0.0952 e. The van der Waals surface area contributed by atoms with E-state index >= 15 is 0 Å². The molecule has 3 fully saturated rings. The number of fused-ring (bicyclic) bond motifs is 4. The summed E-state index contributed by atoms with van der Waals surface area (Å²) < 4.78 is 0. The van der Waals surface area contributed by atoms with E-state index < -0.39 is 6.10 Å². The third-order valence-electron chi connectivity index (χ3n) is 5.52. The van der Waals surface area contributed by atoms with Gasteiger partial charge in [-0.15, -0.1) is 19.0 Å². The molecule has 0 aliphatic carbocycles. The van der Waals surface area contributed by atoms with Gasteiger partial charge in [0.1, 0.15) is 0 Å². The number of hydrogen-bond acceptors (Lipinski definition) is 3. The first-order chi connectivity index (χ1) is 10.8. The predicted octanol–water partition coefficient (Wildman–Crippen LogP) is 1.94. The van der Waals surface area contributed by atoms with Gasteiger partial charge in [0.25, 0.3) is 0 Å². The summed E-state index contributed by atoms with van der Waals surface area (Å²) in [6.45, 7) is 6.11. The number of hydrogen-bond donors (Lipinski definition) is 1. The Morgan fingerprint density at radius 1 is 1.24 bits per heavy atom. The zero-order valence-electron chi connectivity index (χ0n) is 14.1. The molecule has 0 radical (unpaired) electrons. The Labute approximate surface area is 154 Å². The number of aromatic nitrogens is 1. The van der Waals surface area contributed by atoms with Gasteiger partial charge < -0.3 is 16.1 Å². The molecule has 5 atom stereocenters. The Morgan fingerprint density at radius 3 is 2.68 bits per heavy atom. The van der Waals surface area contributed by atoms with Crippen LogP contribution in [-0.4, -0.2) is 45.1 Å². The van der Waals surface area contributed by atoms with Gasteiger partial charge in [0, 0.05) is 24.2 Å². The Bertz CT molecular complexity index is 707. The minimum absolute atomic E-state index is 0. The van der Waals surface area contributed by atoms with E-state index in [0.29, 0.717) is 11.8 Å². The normalized spacial score (nSPS) is 28.2. The molecule has 1 unspecified atom stereocenters. The highest BCUT2D eigenvalue weighted by atomic mass is 35.5. The second-order valence-electron chi connectivity index (χ2n) is 6.61. The summed E-state index contributed by atoms with van der Waals surface area (Å²) in [4.78, 5) is 6.86. The van der Waals surface area contributed by atoms with E-state index in [1.165, 1.54) is 6.42 Å². The van der Waals surface area contributed by atoms with Crippen LogP contribution in [0.1, 0.15) is 24.5 Å². The molecule has 4 heterocycles. The Morgan fingerprint density at radius 2 is 2.00 bits per heavy atom. The third kappa shape index (κ3) is 3.71. The van der Waals surface area contributed by atoms with Gasteiger partial charge in [-0.2, -0.15) is 0 Å². The van der Waals surface area contributed by atoms with Crippen molar-refractivity contribution in [3.8, 4) is 0 Å². The van der Waals surface area contributed by atoms with Crippen molar-refractivity contribution in [2.45, 2.75) is 25.0 Å². The highest BCUT2D eigenvalue weighted by Crippen LogP contribution is 2.41. The largest absolute Gasteiger partial charge is 0.412 e. The second-order valence-corrected chi connectivity index (χ2v) is 6.61. The minimum atomic E-state index is -0.443. The van der Waals surface area contributed by atoms with E-state index in [1.807, 2.05) is 30.5 Å². The summed E-state index contributed by atoms with van der Waals surface area (Å²) in [5, 5.41) is 12.1. The number of benzene rings is 1. The highest BCUT2D eigenvalue weighted by molar-refractivity contribution is 5.85. The lowest BCUT2D eigenvalue weighted by atomic mass is 9.73. The van der Waals surface area contributed by atoms with Crippen LogP contribution in [0.4, 0.5) is 0 Å². The molecule has 5 rings (SSSR count). The number of piperidine rings is 3. The molecule has 5 N–H and O–H groups in total. The molecule has 1 aromatic heterocycles. The summed E-state index contributed by atoms with van der Waals surface area (Å²) in [6, 6.07) is 10.3. The molecular weight excluding hydrogens is 340 g/mol. The molecule has 3 aliphatic rings. The summed E-state index contributed by atoms with van der Waals surface area (Å²) in [5.41, 5.74) is 1.97. The molecular formula is C19H27ClN2O3. The Hall–Kier alpha value is -1.50. The second kappa shape index (κ2) is 8.74. The van der Waals surface area contributed by atoms with Crippen molar-refractivity contribution in [1.82, 2.24) is 9.88 Å². The van der Waals surface area contributed by atoms with Crippen molar-refractivity contribution in [2.75, 3.05) is 13.1 Å². The molecule has 2 aromatic rings. The molecule has 2 bridgehead atoms. The predicted molar refractivity (Wildman–Crippen MR) is 103 cm³/mol. The monoisotopic (exact) mass is 366 g/mol. The average molecular weight is 367 g/mol. The lowest BCUT2D eigenvalue weighted by Gasteiger charge is -2.50. The van der Waals surface area contributed by atoms with Crippen molar-refractivity contribution in [3.05, 3.63) is 54.7 Å². The van der Waals surface area contributed by atoms with Gasteiger partial charge in [-0.05, 0) is 48.9 Å². The number of rotatable bonds is 3. The maximum absolute atomic E-state index is 11.0. The zero-order chi connectivity index (χ0) is 15.1. The lowest BCUT2D eigenvalue weighted by Crippen LogP contribution is -2.54. The van der Waals surface area contributed by atoms with Gasteiger partial charge in [-0.1, -0.05) is 24.3 Å². The van der Waals surface area contributed by atoms with E-state index in [0.717, 1.165) is 36.0 Å². The van der Waals surface area contributed by atoms with E-state index in [1.54, 1.807) is 0 Å². The van der Waals surface area contributed by atoms with Crippen molar-refractivity contribution >= 4 is 23.3 Å². The van der Waals surface area contributed by atoms with Crippen LogP contribution in [0.15, 0.2) is 49.2 Å². The molecule has 6 heteroatoms. The van der Waals surface area contributed by atoms with Gasteiger partial charge in [-0.25, -0.2) is 0 Å². The fraction of sp³-hybridized carbons (Fsp3) is 0.421. The number of para-hydroxylation sites is 1. The van der Waals surface area contributed by atoms with Crippen molar-refractivity contribution in [3.63, 3.8) is 0 Å². The molecule has 3 aliphatic heterocycles. The Balaban J connectivity index is 0.00000104. The van der Waals surface area contributed by atoms with Gasteiger partial charge >= 0.3 is 0 Å². The Kier molecular flexibility index (Phi) is 7.53. The molecule has 3 saturated heterocycles. The topological polar surface area (TPSA) is 99.4 Å². The van der Waals surface area contributed by atoms with Crippen molar-refractivity contribution < 1.29 is 16.1 Å². The van der Waals surface area contributed by atoms with Gasteiger partial charge in [0.2, 0.25) is 0 Å². The van der Waals surface area contributed by atoms with E-state index in [9.17, 15) is 5.11 Å². The fourth-order valence-corrected chi connectivity index (χ4v) is 4.29. The zero-order valence-corrected chi connectivity index (χ0v) is 15.0. The first-order valence-electron chi connectivity index (χ1n) is 8.16. The number of aliphatic hydroxyl groups excluding tert-OH is 1. The third-order valence-corrected chi connectivity index (χ3v) is 5.52. The highest BCUT2D eigenvalue weighted by Gasteiger charge is 2.42. The molecule has 5 nitrogen and oxygen atoms in total. The summed E-state index contributed by atoms with van der Waals surface area (Å²) >= 11 is 0. The number of halogens is 1. The molecule has 0 saturated carbocycles. The van der Waals surface area contributed by atoms with Crippen molar-refractivity contribution in [1.29, 1.82) is 0 Å². The van der Waals surface area contributed by atoms with Crippen LogP contribution in [0, 0.1) is 11.8 Å². The standard InChI is InChI=1S/C19H22N2O.ClH.2H2O/c1-2-13-12-21-10-8-14(13)11-18(21)19(22)16-7-9-20-17-6-4-3-5-15(16)17;;;/h2-7,9,13-14,18-19,22H,1,8,10-12H2;1H;2*1H2/t13-,14-,18-,19+;;;/m0.../s1. The summed E-state index contributed by atoms with van der Waals surface area (Å²) in [5.74, 6) is 1.27. The van der Waals surface area contributed by atoms with Gasteiger partial charge in [-0.3, -0.25) is 9.88 Å². The van der Waals surface area contributed by atoms with Crippen LogP contribution >= 0.6 is 12.4 Å². The van der Waals surface area contributed by atoms with Crippen LogP contribution in [-0.2, 0) is 0 Å². The quantitative estimate of drug-likeness (QED) is 0.840. The van der Waals surface area contributed by atoms with Crippen LogP contribution < -0.4 is 0 Å². The van der Waals surface area contributed by atoms with Crippen LogP contribution in [0.25, 0.3) is 10.9 Å². The summed E-state index contributed by atoms with van der Waals surface area (Å²) in [6.07, 6.45) is 5.76. The van der Waals surface area contributed by atoms with Crippen LogP contribution in [0.5, 0.6) is 0 Å². The van der Waals surface area contributed by atoms with E-state index in [-0.39, 0.29) is 29.4 Å². The number of aliphatic hydroxyl groups is 1. The van der Waals surface area contributed by atoms with E-state index in [4.69, 9.17) is 0 Å². The first kappa shape index (κ1) is 21.5. The molecule has 138 valence electrons. The van der Waals surface area contributed by atoms with Crippen molar-refractivity contribution in [2.24, 2.45) is 11.8 Å². The lowest BCUT2D eigenvalue weighted by molar-refractivity contribution is -0.0444. The number of pyridine rings is 1. The van der Waals surface area contributed by atoms with Crippen LogP contribution in [0.2, 0.25) is 0 Å². The average Bonchev–Trinajstić information content (AvgIpc) is 2.60. The maximum Gasteiger partial charge on any atom is 0.0952 e. The first-order valence-corrected chi connectivity index (χ1v) is 8.16. The SMILES string of the molecule is C=C[C@H]1CN2CC[C@H]1C[C@H]2[C@H](O)c1ccnc2ccccc12.Cl.O.O. The minimum Gasteiger partial charge on any atom is -0.412 e.